The summed E-state index contributed by atoms with van der Waals surface area (Å²) in [6.45, 7) is -0.483. The topological polar surface area (TPSA) is 73.3 Å². The van der Waals surface area contributed by atoms with Gasteiger partial charge in [-0.15, -0.1) is 0 Å². The lowest BCUT2D eigenvalue weighted by atomic mass is 9.96. The highest BCUT2D eigenvalue weighted by molar-refractivity contribution is 6.32. The van der Waals surface area contributed by atoms with Gasteiger partial charge in [-0.3, -0.25) is 0 Å². The number of hydrogen-bond acceptors (Lipinski definition) is 5. The first-order valence-corrected chi connectivity index (χ1v) is 12.6. The van der Waals surface area contributed by atoms with E-state index in [-0.39, 0.29) is 50.5 Å². The van der Waals surface area contributed by atoms with E-state index in [1.807, 2.05) is 0 Å². The summed E-state index contributed by atoms with van der Waals surface area (Å²) in [4.78, 5) is 4.39. The van der Waals surface area contributed by atoms with Crippen molar-refractivity contribution >= 4 is 11.6 Å². The minimum absolute atomic E-state index is 0.0721. The molecule has 5 aromatic rings. The Morgan fingerprint density at radius 3 is 2.38 bits per heavy atom. The van der Waals surface area contributed by atoms with E-state index in [1.165, 1.54) is 37.3 Å². The van der Waals surface area contributed by atoms with Crippen LogP contribution >= 0.6 is 11.6 Å². The summed E-state index contributed by atoms with van der Waals surface area (Å²) in [6, 6.07) is 12.4. The van der Waals surface area contributed by atoms with Gasteiger partial charge < -0.3 is 14.3 Å². The molecular weight excluding hydrogens is 588 g/mol. The van der Waals surface area contributed by atoms with Crippen LogP contribution in [0.15, 0.2) is 65.2 Å². The average molecular weight is 608 g/mol. The summed E-state index contributed by atoms with van der Waals surface area (Å²) in [6.07, 6.45) is -3.58. The van der Waals surface area contributed by atoms with E-state index >= 15 is 0 Å². The Kier molecular flexibility index (Phi) is 7.78. The van der Waals surface area contributed by atoms with Crippen LogP contribution in [0, 0.1) is 19.7 Å². The Morgan fingerprint density at radius 1 is 1.00 bits per heavy atom. The highest BCUT2D eigenvalue weighted by Crippen LogP contribution is 2.41. The standard InChI is InChI=1S/C29H20ClF6N3O3/c1-14-9-18(11-22(31)20(14)13-40)16-4-6-23(39-8-7-25(38-39)29(34,35)36)19(10-16)27-26(37-15(2)41-27)17-3-5-21(30)24(12-17)42-28(32)33/h3-12,28,40H,13H2,1-2H3. The van der Waals surface area contributed by atoms with Crippen molar-refractivity contribution in [3.05, 3.63) is 94.3 Å². The molecule has 2 heterocycles. The zero-order valence-electron chi connectivity index (χ0n) is 21.8. The number of oxazole rings is 1. The van der Waals surface area contributed by atoms with Gasteiger partial charge in [0.25, 0.3) is 0 Å². The summed E-state index contributed by atoms with van der Waals surface area (Å²) in [7, 11) is 0. The van der Waals surface area contributed by atoms with Crippen molar-refractivity contribution in [3.63, 3.8) is 0 Å². The first kappa shape index (κ1) is 29.2. The lowest BCUT2D eigenvalue weighted by molar-refractivity contribution is -0.141. The van der Waals surface area contributed by atoms with Gasteiger partial charge in [0.05, 0.1) is 17.3 Å². The molecule has 2 aromatic heterocycles. The molecule has 1 N–H and O–H groups in total. The highest BCUT2D eigenvalue weighted by Gasteiger charge is 2.34. The van der Waals surface area contributed by atoms with Crippen molar-refractivity contribution in [2.45, 2.75) is 33.2 Å². The van der Waals surface area contributed by atoms with E-state index in [4.69, 9.17) is 16.0 Å². The van der Waals surface area contributed by atoms with Crippen LogP contribution in [0.5, 0.6) is 5.75 Å². The quantitative estimate of drug-likeness (QED) is 0.188. The van der Waals surface area contributed by atoms with Crippen molar-refractivity contribution in [1.82, 2.24) is 14.8 Å². The predicted molar refractivity (Wildman–Crippen MR) is 142 cm³/mol. The molecule has 13 heteroatoms. The van der Waals surface area contributed by atoms with Crippen molar-refractivity contribution in [2.24, 2.45) is 0 Å². The molecule has 0 aliphatic carbocycles. The molecule has 218 valence electrons. The molecule has 42 heavy (non-hydrogen) atoms. The third-order valence-electron chi connectivity index (χ3n) is 6.43. The second kappa shape index (κ2) is 11.2. The predicted octanol–water partition coefficient (Wildman–Crippen LogP) is 8.38. The second-order valence-electron chi connectivity index (χ2n) is 9.22. The van der Waals surface area contributed by atoms with Crippen LogP contribution in [0.3, 0.4) is 0 Å². The van der Waals surface area contributed by atoms with Crippen LogP contribution < -0.4 is 4.74 Å². The van der Waals surface area contributed by atoms with Crippen molar-refractivity contribution < 1.29 is 40.6 Å². The maximum absolute atomic E-state index is 14.7. The first-order chi connectivity index (χ1) is 19.8. The zero-order chi connectivity index (χ0) is 30.3. The Morgan fingerprint density at radius 2 is 1.74 bits per heavy atom. The lowest BCUT2D eigenvalue weighted by Gasteiger charge is -2.14. The number of rotatable bonds is 7. The van der Waals surface area contributed by atoms with E-state index < -0.39 is 30.9 Å². The number of hydrogen-bond donors (Lipinski definition) is 1. The summed E-state index contributed by atoms with van der Waals surface area (Å²) >= 11 is 6.02. The number of nitrogens with zero attached hydrogens (tertiary/aromatic N) is 3. The minimum Gasteiger partial charge on any atom is -0.440 e. The van der Waals surface area contributed by atoms with E-state index in [0.29, 0.717) is 16.7 Å². The Bertz CT molecular complexity index is 1760. The van der Waals surface area contributed by atoms with Crippen LogP contribution in [0.4, 0.5) is 26.3 Å². The molecule has 0 aliphatic rings. The molecule has 5 rings (SSSR count). The molecule has 0 saturated heterocycles. The van der Waals surface area contributed by atoms with E-state index in [0.717, 1.165) is 16.9 Å². The van der Waals surface area contributed by atoms with Crippen molar-refractivity contribution in [3.8, 4) is 45.1 Å². The van der Waals surface area contributed by atoms with Crippen LogP contribution in [0.2, 0.25) is 5.02 Å². The monoisotopic (exact) mass is 607 g/mol. The van der Waals surface area contributed by atoms with Gasteiger partial charge in [-0.2, -0.15) is 27.1 Å². The molecule has 0 amide bonds. The van der Waals surface area contributed by atoms with Gasteiger partial charge >= 0.3 is 12.8 Å². The number of aliphatic hydroxyl groups is 1. The van der Waals surface area contributed by atoms with Gasteiger partial charge in [0.15, 0.2) is 17.3 Å². The van der Waals surface area contributed by atoms with E-state index in [2.05, 4.69) is 14.8 Å². The molecule has 0 fully saturated rings. The summed E-state index contributed by atoms with van der Waals surface area (Å²) < 4.78 is 92.3. The van der Waals surface area contributed by atoms with Crippen molar-refractivity contribution in [2.75, 3.05) is 0 Å². The molecule has 0 bridgehead atoms. The molecule has 0 aliphatic heterocycles. The molecule has 0 spiro atoms. The summed E-state index contributed by atoms with van der Waals surface area (Å²) in [5.74, 6) is -0.721. The van der Waals surface area contributed by atoms with E-state index in [1.54, 1.807) is 25.1 Å². The second-order valence-corrected chi connectivity index (χ2v) is 9.63. The van der Waals surface area contributed by atoms with Crippen LogP contribution in [-0.2, 0) is 12.8 Å². The van der Waals surface area contributed by atoms with Crippen LogP contribution in [-0.4, -0.2) is 26.5 Å². The van der Waals surface area contributed by atoms with Gasteiger partial charge in [0, 0.05) is 29.8 Å². The fraction of sp³-hybridized carbons (Fsp3) is 0.172. The third-order valence-corrected chi connectivity index (χ3v) is 6.74. The van der Waals surface area contributed by atoms with E-state index in [9.17, 15) is 31.4 Å². The number of aromatic nitrogens is 3. The molecule has 6 nitrogen and oxygen atoms in total. The Labute approximate surface area is 239 Å². The van der Waals surface area contributed by atoms with Crippen molar-refractivity contribution in [1.29, 1.82) is 0 Å². The molecule has 0 atom stereocenters. The SMILES string of the molecule is Cc1nc(-c2ccc(Cl)c(OC(F)F)c2)c(-c2cc(-c3cc(C)c(CO)c(F)c3)ccc2-n2ccc(C(F)(F)F)n2)o1. The highest BCUT2D eigenvalue weighted by atomic mass is 35.5. The average Bonchev–Trinajstić information content (AvgIpc) is 3.57. The normalized spacial score (nSPS) is 11.9. The molecular formula is C29H20ClF6N3O3. The lowest BCUT2D eigenvalue weighted by Crippen LogP contribution is -2.07. The molecule has 0 radical (unpaired) electrons. The number of benzene rings is 3. The maximum Gasteiger partial charge on any atom is 0.435 e. The largest absolute Gasteiger partial charge is 0.440 e. The van der Waals surface area contributed by atoms with Crippen LogP contribution in [0.1, 0.15) is 22.7 Å². The molecule has 3 aromatic carbocycles. The summed E-state index contributed by atoms with van der Waals surface area (Å²) in [5, 5.41) is 13.1. The summed E-state index contributed by atoms with van der Waals surface area (Å²) in [5.41, 5.74) is 1.17. The number of ether oxygens (including phenoxy) is 1. The number of aryl methyl sites for hydroxylation is 2. The Balaban J connectivity index is 1.74. The number of aliphatic hydroxyl groups excluding tert-OH is 1. The van der Waals surface area contributed by atoms with Gasteiger partial charge in [-0.05, 0) is 60.0 Å². The van der Waals surface area contributed by atoms with Crippen LogP contribution in [0.25, 0.3) is 39.4 Å². The minimum atomic E-state index is -4.70. The third kappa shape index (κ3) is 5.72. The fourth-order valence-corrected chi connectivity index (χ4v) is 4.65. The number of alkyl halides is 5. The van der Waals surface area contributed by atoms with Gasteiger partial charge in [-0.1, -0.05) is 29.8 Å². The number of halogens is 7. The smallest absolute Gasteiger partial charge is 0.435 e. The maximum atomic E-state index is 14.7. The first-order valence-electron chi connectivity index (χ1n) is 12.3. The fourth-order valence-electron chi connectivity index (χ4n) is 4.49. The molecule has 0 saturated carbocycles. The van der Waals surface area contributed by atoms with Gasteiger partial charge in [-0.25, -0.2) is 14.1 Å². The molecule has 0 unspecified atom stereocenters. The Hall–Kier alpha value is -4.29. The van der Waals surface area contributed by atoms with Gasteiger partial charge in [0.2, 0.25) is 0 Å². The van der Waals surface area contributed by atoms with Gasteiger partial charge in [0.1, 0.15) is 17.3 Å². The zero-order valence-corrected chi connectivity index (χ0v) is 22.6.